The lowest BCUT2D eigenvalue weighted by Gasteiger charge is -2.11. The van der Waals surface area contributed by atoms with Gasteiger partial charge in [0, 0.05) is 18.8 Å². The number of benzene rings is 1. The molecule has 0 radical (unpaired) electrons. The molecule has 0 amide bonds. The highest BCUT2D eigenvalue weighted by atomic mass is 15.3. The van der Waals surface area contributed by atoms with Gasteiger partial charge in [-0.3, -0.25) is 4.68 Å². The second-order valence-electron chi connectivity index (χ2n) is 3.24. The van der Waals surface area contributed by atoms with Crippen LogP contribution in [0.4, 0.5) is 0 Å². The van der Waals surface area contributed by atoms with Gasteiger partial charge in [0.25, 0.3) is 0 Å². The highest BCUT2D eigenvalue weighted by Gasteiger charge is 2.04. The number of rotatable bonds is 3. The predicted molar refractivity (Wildman–Crippen MR) is 55.6 cm³/mol. The third kappa shape index (κ3) is 2.00. The maximum Gasteiger partial charge on any atom is 0.103 e. The van der Waals surface area contributed by atoms with E-state index in [0.717, 1.165) is 6.42 Å². The summed E-state index contributed by atoms with van der Waals surface area (Å²) in [4.78, 5) is 0. The molecular weight excluding hydrogens is 174 g/mol. The van der Waals surface area contributed by atoms with Gasteiger partial charge in [0.2, 0.25) is 0 Å². The fourth-order valence-electron chi connectivity index (χ4n) is 1.43. The van der Waals surface area contributed by atoms with Crippen LogP contribution in [-0.4, -0.2) is 9.78 Å². The summed E-state index contributed by atoms with van der Waals surface area (Å²) >= 11 is 0. The number of nitrogens with zero attached hydrogens (tertiary/aromatic N) is 2. The number of aromatic nitrogens is 2. The molecule has 2 rings (SSSR count). The van der Waals surface area contributed by atoms with E-state index in [1.54, 1.807) is 10.9 Å². The van der Waals surface area contributed by atoms with E-state index in [1.807, 2.05) is 30.5 Å². The lowest BCUT2D eigenvalue weighted by Crippen LogP contribution is -2.21. The maximum atomic E-state index is 5.97. The van der Waals surface area contributed by atoms with Crippen LogP contribution < -0.4 is 5.73 Å². The van der Waals surface area contributed by atoms with E-state index in [4.69, 9.17) is 5.73 Å². The fraction of sp³-hybridized carbons (Fsp3) is 0.182. The van der Waals surface area contributed by atoms with E-state index in [1.165, 1.54) is 5.56 Å². The molecule has 0 saturated carbocycles. The average molecular weight is 187 g/mol. The minimum absolute atomic E-state index is 0.0765. The zero-order valence-electron chi connectivity index (χ0n) is 7.88. The van der Waals surface area contributed by atoms with E-state index in [-0.39, 0.29) is 6.17 Å². The van der Waals surface area contributed by atoms with Crippen molar-refractivity contribution in [3.63, 3.8) is 0 Å². The van der Waals surface area contributed by atoms with Gasteiger partial charge in [-0.15, -0.1) is 0 Å². The third-order valence-electron chi connectivity index (χ3n) is 2.15. The Hall–Kier alpha value is -1.61. The first-order valence-electron chi connectivity index (χ1n) is 4.65. The monoisotopic (exact) mass is 187 g/mol. The van der Waals surface area contributed by atoms with Gasteiger partial charge in [0.05, 0.1) is 0 Å². The molecule has 0 aliphatic rings. The summed E-state index contributed by atoms with van der Waals surface area (Å²) in [6, 6.07) is 12.1. The zero-order valence-corrected chi connectivity index (χ0v) is 7.88. The van der Waals surface area contributed by atoms with Crippen LogP contribution in [0.25, 0.3) is 0 Å². The molecule has 0 spiro atoms. The predicted octanol–water partition coefficient (Wildman–Crippen LogP) is 1.58. The maximum absolute atomic E-state index is 5.97. The van der Waals surface area contributed by atoms with Gasteiger partial charge in [0.1, 0.15) is 6.17 Å². The third-order valence-corrected chi connectivity index (χ3v) is 2.15. The summed E-state index contributed by atoms with van der Waals surface area (Å²) in [6.07, 6.45) is 4.36. The average Bonchev–Trinajstić information content (AvgIpc) is 2.72. The summed E-state index contributed by atoms with van der Waals surface area (Å²) < 4.78 is 1.77. The second kappa shape index (κ2) is 4.07. The molecule has 0 bridgehead atoms. The zero-order chi connectivity index (χ0) is 9.80. The van der Waals surface area contributed by atoms with E-state index < -0.39 is 0 Å². The molecule has 1 heterocycles. The molecule has 0 aliphatic heterocycles. The van der Waals surface area contributed by atoms with Crippen molar-refractivity contribution in [2.45, 2.75) is 12.6 Å². The lowest BCUT2D eigenvalue weighted by molar-refractivity contribution is 0.467. The number of hydrogen-bond acceptors (Lipinski definition) is 2. The first-order valence-corrected chi connectivity index (χ1v) is 4.65. The molecule has 0 fully saturated rings. The van der Waals surface area contributed by atoms with Gasteiger partial charge < -0.3 is 5.73 Å². The topological polar surface area (TPSA) is 43.8 Å². The van der Waals surface area contributed by atoms with Crippen molar-refractivity contribution in [2.75, 3.05) is 0 Å². The molecule has 14 heavy (non-hydrogen) atoms. The Morgan fingerprint density at radius 2 is 2.00 bits per heavy atom. The Balaban J connectivity index is 2.06. The first-order chi connectivity index (χ1) is 6.86. The smallest absolute Gasteiger partial charge is 0.103 e. The highest BCUT2D eigenvalue weighted by molar-refractivity contribution is 5.15. The Morgan fingerprint density at radius 3 is 2.64 bits per heavy atom. The minimum atomic E-state index is -0.0765. The van der Waals surface area contributed by atoms with E-state index in [9.17, 15) is 0 Å². The molecule has 3 nitrogen and oxygen atoms in total. The standard InChI is InChI=1S/C11H13N3/c12-11(14-8-4-7-13-14)9-10-5-2-1-3-6-10/h1-8,11H,9,12H2. The molecule has 2 aromatic rings. The summed E-state index contributed by atoms with van der Waals surface area (Å²) in [5, 5.41) is 4.10. The Bertz CT molecular complexity index is 367. The molecule has 1 aromatic heterocycles. The van der Waals surface area contributed by atoms with Crippen LogP contribution in [0.3, 0.4) is 0 Å². The van der Waals surface area contributed by atoms with Crippen molar-refractivity contribution in [1.82, 2.24) is 9.78 Å². The summed E-state index contributed by atoms with van der Waals surface area (Å²) in [6.45, 7) is 0. The van der Waals surface area contributed by atoms with Crippen molar-refractivity contribution in [3.05, 3.63) is 54.4 Å². The van der Waals surface area contributed by atoms with Gasteiger partial charge in [-0.25, -0.2) is 0 Å². The van der Waals surface area contributed by atoms with Crippen molar-refractivity contribution >= 4 is 0 Å². The van der Waals surface area contributed by atoms with Crippen molar-refractivity contribution in [3.8, 4) is 0 Å². The highest BCUT2D eigenvalue weighted by Crippen LogP contribution is 2.07. The van der Waals surface area contributed by atoms with Gasteiger partial charge in [0.15, 0.2) is 0 Å². The van der Waals surface area contributed by atoms with Crippen LogP contribution >= 0.6 is 0 Å². The minimum Gasteiger partial charge on any atom is -0.309 e. The van der Waals surface area contributed by atoms with Crippen LogP contribution in [0, 0.1) is 0 Å². The molecule has 72 valence electrons. The van der Waals surface area contributed by atoms with Crippen LogP contribution in [-0.2, 0) is 6.42 Å². The van der Waals surface area contributed by atoms with E-state index in [0.29, 0.717) is 0 Å². The van der Waals surface area contributed by atoms with Crippen LogP contribution in [0.1, 0.15) is 11.7 Å². The van der Waals surface area contributed by atoms with Crippen molar-refractivity contribution in [2.24, 2.45) is 5.73 Å². The fourth-order valence-corrected chi connectivity index (χ4v) is 1.43. The molecule has 1 aromatic carbocycles. The van der Waals surface area contributed by atoms with Gasteiger partial charge >= 0.3 is 0 Å². The largest absolute Gasteiger partial charge is 0.309 e. The number of hydrogen-bond donors (Lipinski definition) is 1. The van der Waals surface area contributed by atoms with Crippen molar-refractivity contribution < 1.29 is 0 Å². The molecule has 2 N–H and O–H groups in total. The van der Waals surface area contributed by atoms with Gasteiger partial charge in [-0.2, -0.15) is 5.10 Å². The SMILES string of the molecule is NC(Cc1ccccc1)n1cccn1. The molecule has 0 aliphatic carbocycles. The van der Waals surface area contributed by atoms with Crippen LogP contribution in [0.5, 0.6) is 0 Å². The van der Waals surface area contributed by atoms with Gasteiger partial charge in [-0.1, -0.05) is 30.3 Å². The first kappa shape index (κ1) is 8.97. The molecule has 1 unspecified atom stereocenters. The molecule has 1 atom stereocenters. The Morgan fingerprint density at radius 1 is 1.21 bits per heavy atom. The second-order valence-corrected chi connectivity index (χ2v) is 3.24. The Labute approximate surface area is 83.2 Å². The number of nitrogens with two attached hydrogens (primary N) is 1. The van der Waals surface area contributed by atoms with Crippen LogP contribution in [0.15, 0.2) is 48.8 Å². The Kier molecular flexibility index (Phi) is 2.60. The van der Waals surface area contributed by atoms with Gasteiger partial charge in [-0.05, 0) is 11.6 Å². The normalized spacial score (nSPS) is 12.6. The summed E-state index contributed by atoms with van der Waals surface area (Å²) in [5.74, 6) is 0. The van der Waals surface area contributed by atoms with E-state index >= 15 is 0 Å². The summed E-state index contributed by atoms with van der Waals surface area (Å²) in [7, 11) is 0. The van der Waals surface area contributed by atoms with Crippen molar-refractivity contribution in [1.29, 1.82) is 0 Å². The molecule has 3 heteroatoms. The van der Waals surface area contributed by atoms with E-state index in [2.05, 4.69) is 17.2 Å². The van der Waals surface area contributed by atoms with Crippen LogP contribution in [0.2, 0.25) is 0 Å². The quantitative estimate of drug-likeness (QED) is 0.792. The summed E-state index contributed by atoms with van der Waals surface area (Å²) in [5.41, 5.74) is 7.20. The lowest BCUT2D eigenvalue weighted by atomic mass is 10.1. The molecular formula is C11H13N3. The molecule has 0 saturated heterocycles.